The minimum atomic E-state index is 0.898. The first-order chi connectivity index (χ1) is 6.33. The molecule has 0 atom stereocenters. The van der Waals surface area contributed by atoms with Crippen LogP contribution in [0.2, 0.25) is 0 Å². The third-order valence-corrected chi connectivity index (χ3v) is 3.08. The van der Waals surface area contributed by atoms with Crippen LogP contribution in [0.25, 0.3) is 0 Å². The molecule has 1 aliphatic heterocycles. The van der Waals surface area contributed by atoms with Crippen LogP contribution >= 0.6 is 15.9 Å². The molecule has 2 heterocycles. The van der Waals surface area contributed by atoms with Crippen molar-refractivity contribution in [3.63, 3.8) is 0 Å². The highest BCUT2D eigenvalue weighted by Crippen LogP contribution is 2.26. The SMILES string of the molecule is CNc1nn2c(c1Br)CNCCC2. The topological polar surface area (TPSA) is 41.9 Å². The Bertz CT molecular complexity index is 307. The number of nitrogens with one attached hydrogen (secondary N) is 2. The molecule has 0 saturated carbocycles. The summed E-state index contributed by atoms with van der Waals surface area (Å²) >= 11 is 3.55. The van der Waals surface area contributed by atoms with Crippen LogP contribution in [0.4, 0.5) is 5.82 Å². The minimum absolute atomic E-state index is 0.898. The highest BCUT2D eigenvalue weighted by Gasteiger charge is 2.15. The van der Waals surface area contributed by atoms with E-state index in [0.717, 1.165) is 36.3 Å². The van der Waals surface area contributed by atoms with Crippen LogP contribution in [0.3, 0.4) is 0 Å². The second kappa shape index (κ2) is 3.67. The molecule has 0 bridgehead atoms. The second-order valence-electron chi connectivity index (χ2n) is 3.11. The van der Waals surface area contributed by atoms with Gasteiger partial charge in [0.15, 0.2) is 5.82 Å². The standard InChI is InChI=1S/C8H13BrN4/c1-10-8-7(9)6-5-11-3-2-4-13(6)12-8/h11H,2-5H2,1H3,(H,10,12). The van der Waals surface area contributed by atoms with Crippen molar-refractivity contribution in [2.24, 2.45) is 0 Å². The first-order valence-corrected chi connectivity index (χ1v) is 5.26. The van der Waals surface area contributed by atoms with Crippen LogP contribution in [0.1, 0.15) is 12.1 Å². The molecule has 1 aliphatic rings. The average molecular weight is 245 g/mol. The van der Waals surface area contributed by atoms with Gasteiger partial charge in [0.2, 0.25) is 0 Å². The van der Waals surface area contributed by atoms with Gasteiger partial charge >= 0.3 is 0 Å². The van der Waals surface area contributed by atoms with Crippen molar-refractivity contribution in [3.05, 3.63) is 10.2 Å². The van der Waals surface area contributed by atoms with Gasteiger partial charge in [-0.15, -0.1) is 0 Å². The summed E-state index contributed by atoms with van der Waals surface area (Å²) in [4.78, 5) is 0. The van der Waals surface area contributed by atoms with E-state index in [1.807, 2.05) is 7.05 Å². The van der Waals surface area contributed by atoms with Crippen LogP contribution < -0.4 is 10.6 Å². The molecule has 0 unspecified atom stereocenters. The fraction of sp³-hybridized carbons (Fsp3) is 0.625. The smallest absolute Gasteiger partial charge is 0.162 e. The van der Waals surface area contributed by atoms with Crippen molar-refractivity contribution >= 4 is 21.7 Å². The molecule has 5 heteroatoms. The lowest BCUT2D eigenvalue weighted by atomic mass is 10.4. The van der Waals surface area contributed by atoms with Crippen LogP contribution in [-0.2, 0) is 13.1 Å². The Morgan fingerprint density at radius 1 is 1.62 bits per heavy atom. The van der Waals surface area contributed by atoms with E-state index < -0.39 is 0 Å². The lowest BCUT2D eigenvalue weighted by molar-refractivity contribution is 0.589. The highest BCUT2D eigenvalue weighted by molar-refractivity contribution is 9.10. The lowest BCUT2D eigenvalue weighted by Gasteiger charge is -1.99. The molecule has 0 amide bonds. The maximum atomic E-state index is 4.45. The van der Waals surface area contributed by atoms with E-state index in [9.17, 15) is 0 Å². The molecule has 0 saturated heterocycles. The van der Waals surface area contributed by atoms with E-state index in [4.69, 9.17) is 0 Å². The van der Waals surface area contributed by atoms with E-state index in [2.05, 4.69) is 36.3 Å². The van der Waals surface area contributed by atoms with Crippen LogP contribution in [0.5, 0.6) is 0 Å². The number of aromatic nitrogens is 2. The predicted molar refractivity (Wildman–Crippen MR) is 55.8 cm³/mol. The first kappa shape index (κ1) is 9.02. The Kier molecular flexibility index (Phi) is 2.55. The number of hydrogen-bond donors (Lipinski definition) is 2. The summed E-state index contributed by atoms with van der Waals surface area (Å²) in [6, 6.07) is 0. The molecule has 0 aromatic carbocycles. The van der Waals surface area contributed by atoms with Gasteiger partial charge in [0.05, 0.1) is 10.2 Å². The number of halogens is 1. The van der Waals surface area contributed by atoms with Gasteiger partial charge in [-0.3, -0.25) is 4.68 Å². The molecule has 2 N–H and O–H groups in total. The zero-order valence-electron chi connectivity index (χ0n) is 7.60. The van der Waals surface area contributed by atoms with Crippen molar-refractivity contribution in [3.8, 4) is 0 Å². The van der Waals surface area contributed by atoms with E-state index in [-0.39, 0.29) is 0 Å². The number of fused-ring (bicyclic) bond motifs is 1. The number of rotatable bonds is 1. The van der Waals surface area contributed by atoms with Crippen molar-refractivity contribution in [2.75, 3.05) is 18.9 Å². The van der Waals surface area contributed by atoms with E-state index in [1.165, 1.54) is 5.69 Å². The minimum Gasteiger partial charge on any atom is -0.371 e. The zero-order valence-corrected chi connectivity index (χ0v) is 9.19. The molecule has 0 fully saturated rings. The summed E-state index contributed by atoms with van der Waals surface area (Å²) in [5.41, 5.74) is 1.24. The summed E-state index contributed by atoms with van der Waals surface area (Å²) in [6.07, 6.45) is 1.14. The van der Waals surface area contributed by atoms with Crippen molar-refractivity contribution < 1.29 is 0 Å². The van der Waals surface area contributed by atoms with Gasteiger partial charge in [-0.1, -0.05) is 0 Å². The Balaban J connectivity index is 2.38. The molecular formula is C8H13BrN4. The predicted octanol–water partition coefficient (Wildman–Crippen LogP) is 1.18. The van der Waals surface area contributed by atoms with Crippen LogP contribution in [-0.4, -0.2) is 23.4 Å². The van der Waals surface area contributed by atoms with Crippen LogP contribution in [0, 0.1) is 0 Å². The summed E-state index contributed by atoms with van der Waals surface area (Å²) in [5, 5.41) is 10.9. The maximum absolute atomic E-state index is 4.45. The normalized spacial score (nSPS) is 16.5. The largest absolute Gasteiger partial charge is 0.371 e. The summed E-state index contributed by atoms with van der Waals surface area (Å²) < 4.78 is 3.15. The number of anilines is 1. The number of nitrogens with zero attached hydrogens (tertiary/aromatic N) is 2. The zero-order chi connectivity index (χ0) is 9.26. The first-order valence-electron chi connectivity index (χ1n) is 4.46. The molecule has 0 spiro atoms. The van der Waals surface area contributed by atoms with Crippen molar-refractivity contribution in [1.29, 1.82) is 0 Å². The van der Waals surface area contributed by atoms with E-state index in [1.54, 1.807) is 0 Å². The molecule has 1 aromatic heterocycles. The van der Waals surface area contributed by atoms with Gasteiger partial charge in [-0.05, 0) is 28.9 Å². The average Bonchev–Trinajstić information content (AvgIpc) is 2.37. The lowest BCUT2D eigenvalue weighted by Crippen LogP contribution is -2.12. The van der Waals surface area contributed by atoms with Gasteiger partial charge in [-0.2, -0.15) is 5.10 Å². The Hall–Kier alpha value is -0.550. The summed E-state index contributed by atoms with van der Waals surface area (Å²) in [6.45, 7) is 2.97. The maximum Gasteiger partial charge on any atom is 0.162 e. The van der Waals surface area contributed by atoms with Crippen molar-refractivity contribution in [1.82, 2.24) is 15.1 Å². The molecule has 13 heavy (non-hydrogen) atoms. The molecule has 72 valence electrons. The summed E-state index contributed by atoms with van der Waals surface area (Å²) in [5.74, 6) is 0.929. The number of aryl methyl sites for hydroxylation is 1. The third kappa shape index (κ3) is 1.58. The Labute approximate surface area is 85.8 Å². The fourth-order valence-corrected chi connectivity index (χ4v) is 2.17. The molecule has 1 aromatic rings. The second-order valence-corrected chi connectivity index (χ2v) is 3.91. The molecule has 4 nitrogen and oxygen atoms in total. The monoisotopic (exact) mass is 244 g/mol. The van der Waals surface area contributed by atoms with Crippen LogP contribution in [0.15, 0.2) is 4.47 Å². The van der Waals surface area contributed by atoms with Gasteiger partial charge in [-0.25, -0.2) is 0 Å². The highest BCUT2D eigenvalue weighted by atomic mass is 79.9. The number of hydrogen-bond acceptors (Lipinski definition) is 3. The van der Waals surface area contributed by atoms with E-state index in [0.29, 0.717) is 0 Å². The quantitative estimate of drug-likeness (QED) is 0.780. The van der Waals surface area contributed by atoms with Gasteiger partial charge in [0.1, 0.15) is 0 Å². The van der Waals surface area contributed by atoms with Crippen molar-refractivity contribution in [2.45, 2.75) is 19.5 Å². The molecule has 2 rings (SSSR count). The Morgan fingerprint density at radius 2 is 2.46 bits per heavy atom. The Morgan fingerprint density at radius 3 is 3.23 bits per heavy atom. The van der Waals surface area contributed by atoms with E-state index >= 15 is 0 Å². The fourth-order valence-electron chi connectivity index (χ4n) is 1.55. The molecular weight excluding hydrogens is 232 g/mol. The summed E-state index contributed by atoms with van der Waals surface area (Å²) in [7, 11) is 1.89. The molecule has 0 radical (unpaired) electrons. The third-order valence-electron chi connectivity index (χ3n) is 2.25. The van der Waals surface area contributed by atoms with Gasteiger partial charge in [0, 0.05) is 20.1 Å². The molecule has 0 aliphatic carbocycles. The van der Waals surface area contributed by atoms with Gasteiger partial charge in [0.25, 0.3) is 0 Å². The van der Waals surface area contributed by atoms with Gasteiger partial charge < -0.3 is 10.6 Å².